The Hall–Kier alpha value is -3.35. The number of nitrogens with one attached hydrogen (secondary N) is 2. The monoisotopic (exact) mass is 489 g/mol. The van der Waals surface area contributed by atoms with Crippen molar-refractivity contribution in [3.8, 4) is 5.75 Å². The summed E-state index contributed by atoms with van der Waals surface area (Å²) in [5, 5.41) is 7.65. The van der Waals surface area contributed by atoms with Gasteiger partial charge >= 0.3 is 0 Å². The molecule has 1 aliphatic rings. The molecule has 1 heterocycles. The van der Waals surface area contributed by atoms with Crippen molar-refractivity contribution in [3.63, 3.8) is 0 Å². The lowest BCUT2D eigenvalue weighted by Gasteiger charge is -2.29. The molecule has 0 spiro atoms. The van der Waals surface area contributed by atoms with E-state index >= 15 is 0 Å². The summed E-state index contributed by atoms with van der Waals surface area (Å²) < 4.78 is 5.68. The predicted molar refractivity (Wildman–Crippen MR) is 147 cm³/mol. The minimum absolute atomic E-state index is 0.0409. The summed E-state index contributed by atoms with van der Waals surface area (Å²) in [5.74, 6) is 2.73. The summed E-state index contributed by atoms with van der Waals surface area (Å²) in [6.45, 7) is 7.27. The largest absolute Gasteiger partial charge is 0.484 e. The smallest absolute Gasteiger partial charge is 0.257 e. The van der Waals surface area contributed by atoms with Gasteiger partial charge in [0.1, 0.15) is 11.6 Å². The van der Waals surface area contributed by atoms with Crippen molar-refractivity contribution in [3.05, 3.63) is 54.1 Å². The molecule has 1 amide bonds. The zero-order chi connectivity index (χ0) is 25.7. The molecule has 1 fully saturated rings. The molecule has 7 heteroatoms. The molecule has 2 aromatic carbocycles. The SMILES string of the molecule is CN(C)c1nc(N[C@H]2CC[C@@H](CNC(=O)COc3ccc(C(C)(C)C)cc3)CC2)nc2ccccc12. The number of carbonyl (C=O) groups is 1. The van der Waals surface area contributed by atoms with Gasteiger partial charge in [-0.15, -0.1) is 0 Å². The highest BCUT2D eigenvalue weighted by Gasteiger charge is 2.23. The van der Waals surface area contributed by atoms with Crippen LogP contribution < -0.4 is 20.3 Å². The Morgan fingerprint density at radius 3 is 2.36 bits per heavy atom. The number of benzene rings is 2. The molecular formula is C29H39N5O2. The van der Waals surface area contributed by atoms with Gasteiger partial charge in [-0.1, -0.05) is 45.0 Å². The summed E-state index contributed by atoms with van der Waals surface area (Å²) >= 11 is 0. The van der Waals surface area contributed by atoms with E-state index in [0.717, 1.165) is 48.2 Å². The van der Waals surface area contributed by atoms with E-state index in [1.807, 2.05) is 49.3 Å². The van der Waals surface area contributed by atoms with Gasteiger partial charge in [0.25, 0.3) is 5.91 Å². The fourth-order valence-corrected chi connectivity index (χ4v) is 4.67. The van der Waals surface area contributed by atoms with E-state index in [1.165, 1.54) is 5.56 Å². The number of hydrogen-bond donors (Lipinski definition) is 2. The van der Waals surface area contributed by atoms with Gasteiger partial charge in [0.05, 0.1) is 5.52 Å². The molecule has 2 N–H and O–H groups in total. The Kier molecular flexibility index (Phi) is 7.97. The summed E-state index contributed by atoms with van der Waals surface area (Å²) in [6, 6.07) is 16.4. The molecule has 0 bridgehead atoms. The van der Waals surface area contributed by atoms with E-state index in [0.29, 0.717) is 24.5 Å². The standard InChI is InChI=1S/C29H39N5O2/c1-29(2,3)21-12-16-23(17-13-21)36-19-26(35)30-18-20-10-14-22(15-11-20)31-28-32-25-9-7-6-8-24(25)27(33-28)34(4)5/h6-9,12-13,16-17,20,22H,10-11,14-15,18-19H2,1-5H3,(H,30,35)(H,31,32,33)/t20-,22+. The van der Waals surface area contributed by atoms with Gasteiger partial charge in [-0.25, -0.2) is 4.98 Å². The Labute approximate surface area is 214 Å². The second-order valence-electron chi connectivity index (χ2n) is 11.0. The second-order valence-corrected chi connectivity index (χ2v) is 11.0. The molecule has 0 unspecified atom stereocenters. The summed E-state index contributed by atoms with van der Waals surface area (Å²) in [5.41, 5.74) is 2.29. The van der Waals surface area contributed by atoms with E-state index in [9.17, 15) is 4.79 Å². The van der Waals surface area contributed by atoms with Crippen LogP contribution in [0.15, 0.2) is 48.5 Å². The summed E-state index contributed by atoms with van der Waals surface area (Å²) in [4.78, 5) is 23.8. The highest BCUT2D eigenvalue weighted by molar-refractivity contribution is 5.90. The number of ether oxygens (including phenoxy) is 1. The van der Waals surface area contributed by atoms with Crippen LogP contribution >= 0.6 is 0 Å². The lowest BCUT2D eigenvalue weighted by Crippen LogP contribution is -2.36. The number of anilines is 2. The van der Waals surface area contributed by atoms with E-state index < -0.39 is 0 Å². The van der Waals surface area contributed by atoms with Gasteiger partial charge in [0.15, 0.2) is 6.61 Å². The fraction of sp³-hybridized carbons (Fsp3) is 0.483. The van der Waals surface area contributed by atoms with Crippen LogP contribution in [0.25, 0.3) is 10.9 Å². The van der Waals surface area contributed by atoms with E-state index in [-0.39, 0.29) is 17.9 Å². The minimum Gasteiger partial charge on any atom is -0.484 e. The first-order chi connectivity index (χ1) is 17.2. The zero-order valence-corrected chi connectivity index (χ0v) is 22.2. The molecule has 192 valence electrons. The van der Waals surface area contributed by atoms with E-state index in [1.54, 1.807) is 0 Å². The van der Waals surface area contributed by atoms with Crippen LogP contribution in [-0.4, -0.2) is 49.2 Å². The van der Waals surface area contributed by atoms with Gasteiger partial charge in [-0.2, -0.15) is 4.98 Å². The van der Waals surface area contributed by atoms with Crippen molar-refractivity contribution in [2.75, 3.05) is 37.5 Å². The van der Waals surface area contributed by atoms with Crippen molar-refractivity contribution in [2.24, 2.45) is 5.92 Å². The number of aromatic nitrogens is 2. The number of carbonyl (C=O) groups excluding carboxylic acids is 1. The van der Waals surface area contributed by atoms with Gasteiger partial charge in [0, 0.05) is 32.1 Å². The third-order valence-electron chi connectivity index (χ3n) is 6.86. The highest BCUT2D eigenvalue weighted by atomic mass is 16.5. The van der Waals surface area contributed by atoms with Crippen molar-refractivity contribution >= 4 is 28.6 Å². The Balaban J connectivity index is 1.21. The van der Waals surface area contributed by atoms with Crippen molar-refractivity contribution in [1.82, 2.24) is 15.3 Å². The Bertz CT molecular complexity index is 1160. The Morgan fingerprint density at radius 2 is 1.69 bits per heavy atom. The Morgan fingerprint density at radius 1 is 1.00 bits per heavy atom. The first-order valence-electron chi connectivity index (χ1n) is 12.9. The molecule has 1 aliphatic carbocycles. The lowest BCUT2D eigenvalue weighted by atomic mass is 9.86. The number of nitrogens with zero attached hydrogens (tertiary/aromatic N) is 3. The average Bonchev–Trinajstić information content (AvgIpc) is 2.86. The molecule has 1 aromatic heterocycles. The quantitative estimate of drug-likeness (QED) is 0.455. The van der Waals surface area contributed by atoms with Gasteiger partial charge in [-0.3, -0.25) is 4.79 Å². The predicted octanol–water partition coefficient (Wildman–Crippen LogP) is 5.16. The van der Waals surface area contributed by atoms with Crippen LogP contribution in [0.3, 0.4) is 0 Å². The zero-order valence-electron chi connectivity index (χ0n) is 22.2. The molecule has 0 radical (unpaired) electrons. The van der Waals surface area contributed by atoms with Crippen LogP contribution in [0, 0.1) is 5.92 Å². The number of fused-ring (bicyclic) bond motifs is 1. The third kappa shape index (κ3) is 6.65. The van der Waals surface area contributed by atoms with E-state index in [2.05, 4.69) is 49.6 Å². The van der Waals surface area contributed by atoms with Crippen molar-refractivity contribution in [2.45, 2.75) is 57.9 Å². The van der Waals surface area contributed by atoms with Gasteiger partial charge in [0.2, 0.25) is 5.95 Å². The third-order valence-corrected chi connectivity index (χ3v) is 6.86. The molecule has 0 atom stereocenters. The molecule has 7 nitrogen and oxygen atoms in total. The molecular weight excluding hydrogens is 450 g/mol. The maximum atomic E-state index is 12.3. The lowest BCUT2D eigenvalue weighted by molar-refractivity contribution is -0.123. The van der Waals surface area contributed by atoms with Crippen LogP contribution in [-0.2, 0) is 10.2 Å². The first-order valence-corrected chi connectivity index (χ1v) is 12.9. The molecule has 1 saturated carbocycles. The minimum atomic E-state index is -0.0732. The van der Waals surface area contributed by atoms with Crippen LogP contribution in [0.1, 0.15) is 52.0 Å². The van der Waals surface area contributed by atoms with E-state index in [4.69, 9.17) is 14.7 Å². The molecule has 0 aliphatic heterocycles. The van der Waals surface area contributed by atoms with Crippen LogP contribution in [0.4, 0.5) is 11.8 Å². The number of para-hydroxylation sites is 1. The molecule has 0 saturated heterocycles. The van der Waals surface area contributed by atoms with Crippen molar-refractivity contribution in [1.29, 1.82) is 0 Å². The number of rotatable bonds is 8. The summed E-state index contributed by atoms with van der Waals surface area (Å²) in [7, 11) is 4.01. The summed E-state index contributed by atoms with van der Waals surface area (Å²) in [6.07, 6.45) is 4.18. The number of amides is 1. The molecule has 4 rings (SSSR count). The second kappa shape index (κ2) is 11.1. The maximum Gasteiger partial charge on any atom is 0.257 e. The molecule has 36 heavy (non-hydrogen) atoms. The maximum absolute atomic E-state index is 12.3. The first kappa shape index (κ1) is 25.7. The van der Waals surface area contributed by atoms with Gasteiger partial charge < -0.3 is 20.3 Å². The normalized spacial score (nSPS) is 18.0. The van der Waals surface area contributed by atoms with Crippen molar-refractivity contribution < 1.29 is 9.53 Å². The fourth-order valence-electron chi connectivity index (χ4n) is 4.67. The topological polar surface area (TPSA) is 79.4 Å². The molecule has 3 aromatic rings. The van der Waals surface area contributed by atoms with Crippen LogP contribution in [0.5, 0.6) is 5.75 Å². The average molecular weight is 490 g/mol. The van der Waals surface area contributed by atoms with Gasteiger partial charge in [-0.05, 0) is 66.8 Å². The number of hydrogen-bond acceptors (Lipinski definition) is 6. The highest BCUT2D eigenvalue weighted by Crippen LogP contribution is 2.28. The van der Waals surface area contributed by atoms with Crippen LogP contribution in [0.2, 0.25) is 0 Å².